The molecule has 1 aromatic carbocycles. The van der Waals surface area contributed by atoms with Crippen molar-refractivity contribution in [3.63, 3.8) is 0 Å². The van der Waals surface area contributed by atoms with E-state index < -0.39 is 0 Å². The van der Waals surface area contributed by atoms with Crippen LogP contribution in [0.25, 0.3) is 0 Å². The lowest BCUT2D eigenvalue weighted by atomic mass is 10.3. The average molecular weight is 201 g/mol. The molecule has 2 aromatic rings. The summed E-state index contributed by atoms with van der Waals surface area (Å²) in [6.45, 7) is 0. The van der Waals surface area contributed by atoms with Gasteiger partial charge in [-0.15, -0.1) is 0 Å². The Balaban J connectivity index is 2.26. The Morgan fingerprint density at radius 1 is 1.27 bits per heavy atom. The molecule has 0 amide bonds. The van der Waals surface area contributed by atoms with Gasteiger partial charge in [-0.3, -0.25) is 4.98 Å². The average Bonchev–Trinajstić information content (AvgIpc) is 2.22. The van der Waals surface area contributed by atoms with Crippen molar-refractivity contribution in [3.8, 4) is 5.75 Å². The fourth-order valence-electron chi connectivity index (χ4n) is 1.25. The highest BCUT2D eigenvalue weighted by atomic mass is 16.3. The van der Waals surface area contributed by atoms with Crippen LogP contribution in [0.1, 0.15) is 0 Å². The first kappa shape index (κ1) is 9.33. The van der Waals surface area contributed by atoms with Gasteiger partial charge in [0.25, 0.3) is 0 Å². The first-order valence-corrected chi connectivity index (χ1v) is 4.51. The predicted octanol–water partition coefficient (Wildman–Crippen LogP) is 2.11. The van der Waals surface area contributed by atoms with Crippen molar-refractivity contribution in [1.29, 1.82) is 0 Å². The number of pyridine rings is 1. The molecular weight excluding hydrogens is 190 g/mol. The van der Waals surface area contributed by atoms with Gasteiger partial charge in [0.1, 0.15) is 5.75 Å². The minimum Gasteiger partial charge on any atom is -0.508 e. The number of anilines is 3. The molecule has 0 aliphatic rings. The molecule has 0 atom stereocenters. The quantitative estimate of drug-likeness (QED) is 0.696. The van der Waals surface area contributed by atoms with Gasteiger partial charge in [0.15, 0.2) is 0 Å². The molecule has 1 aromatic heterocycles. The lowest BCUT2D eigenvalue weighted by molar-refractivity contribution is 0.475. The summed E-state index contributed by atoms with van der Waals surface area (Å²) in [5.74, 6) is 0.211. The molecule has 0 aliphatic heterocycles. The van der Waals surface area contributed by atoms with Gasteiger partial charge in [-0.05, 0) is 18.2 Å². The molecule has 0 saturated carbocycles. The highest BCUT2D eigenvalue weighted by Crippen LogP contribution is 2.23. The topological polar surface area (TPSA) is 71.2 Å². The Labute approximate surface area is 87.4 Å². The molecule has 15 heavy (non-hydrogen) atoms. The van der Waals surface area contributed by atoms with E-state index >= 15 is 0 Å². The number of hydrogen-bond acceptors (Lipinski definition) is 4. The van der Waals surface area contributed by atoms with Crippen LogP contribution in [-0.2, 0) is 0 Å². The second-order valence-corrected chi connectivity index (χ2v) is 3.14. The molecule has 4 nitrogen and oxygen atoms in total. The van der Waals surface area contributed by atoms with Crippen LogP contribution in [0, 0.1) is 0 Å². The van der Waals surface area contributed by atoms with Gasteiger partial charge < -0.3 is 16.2 Å². The van der Waals surface area contributed by atoms with E-state index in [9.17, 15) is 5.11 Å². The standard InChI is InChI=1S/C11H11N3O/c12-10-4-5-13-7-11(10)14-8-2-1-3-9(15)6-8/h1-7,14-15H,(H2,12,13). The third kappa shape index (κ3) is 2.17. The van der Waals surface area contributed by atoms with Gasteiger partial charge in [0, 0.05) is 18.0 Å². The number of nitrogens with one attached hydrogen (secondary N) is 1. The summed E-state index contributed by atoms with van der Waals surface area (Å²) in [6.07, 6.45) is 3.27. The van der Waals surface area contributed by atoms with Gasteiger partial charge in [-0.25, -0.2) is 0 Å². The third-order valence-electron chi connectivity index (χ3n) is 1.98. The number of nitrogens with zero attached hydrogens (tertiary/aromatic N) is 1. The zero-order chi connectivity index (χ0) is 10.7. The van der Waals surface area contributed by atoms with Crippen molar-refractivity contribution in [2.75, 3.05) is 11.1 Å². The van der Waals surface area contributed by atoms with Crippen LogP contribution in [0.5, 0.6) is 5.75 Å². The monoisotopic (exact) mass is 201 g/mol. The highest BCUT2D eigenvalue weighted by Gasteiger charge is 1.99. The van der Waals surface area contributed by atoms with Crippen LogP contribution in [0.2, 0.25) is 0 Å². The molecule has 2 rings (SSSR count). The summed E-state index contributed by atoms with van der Waals surface area (Å²) in [5, 5.41) is 12.3. The van der Waals surface area contributed by atoms with Gasteiger partial charge in [0.2, 0.25) is 0 Å². The predicted molar refractivity (Wildman–Crippen MR) is 60.0 cm³/mol. The molecule has 0 unspecified atom stereocenters. The summed E-state index contributed by atoms with van der Waals surface area (Å²) >= 11 is 0. The van der Waals surface area contributed by atoms with Gasteiger partial charge in [-0.1, -0.05) is 6.07 Å². The van der Waals surface area contributed by atoms with Crippen LogP contribution < -0.4 is 11.1 Å². The Morgan fingerprint density at radius 2 is 2.13 bits per heavy atom. The van der Waals surface area contributed by atoms with Crippen molar-refractivity contribution >= 4 is 17.1 Å². The minimum absolute atomic E-state index is 0.211. The van der Waals surface area contributed by atoms with E-state index in [1.807, 2.05) is 6.07 Å². The number of phenols is 1. The molecule has 0 aliphatic carbocycles. The number of aromatic hydroxyl groups is 1. The molecule has 1 heterocycles. The van der Waals surface area contributed by atoms with Crippen LogP contribution in [0.4, 0.5) is 17.1 Å². The van der Waals surface area contributed by atoms with Crippen LogP contribution in [0.15, 0.2) is 42.7 Å². The van der Waals surface area contributed by atoms with Crippen LogP contribution in [-0.4, -0.2) is 10.1 Å². The SMILES string of the molecule is Nc1ccncc1Nc1cccc(O)c1. The molecule has 0 fully saturated rings. The Bertz CT molecular complexity index is 471. The Hall–Kier alpha value is -2.23. The fourth-order valence-corrected chi connectivity index (χ4v) is 1.25. The van der Waals surface area contributed by atoms with E-state index in [2.05, 4.69) is 10.3 Å². The van der Waals surface area contributed by atoms with E-state index in [1.165, 1.54) is 0 Å². The smallest absolute Gasteiger partial charge is 0.117 e. The maximum absolute atomic E-state index is 9.27. The first-order chi connectivity index (χ1) is 7.25. The van der Waals surface area contributed by atoms with E-state index in [-0.39, 0.29) is 5.75 Å². The molecule has 76 valence electrons. The molecule has 0 spiro atoms. The van der Waals surface area contributed by atoms with Crippen molar-refractivity contribution in [3.05, 3.63) is 42.7 Å². The Morgan fingerprint density at radius 3 is 2.87 bits per heavy atom. The number of nitrogen functional groups attached to an aromatic ring is 1. The largest absolute Gasteiger partial charge is 0.508 e. The number of benzene rings is 1. The molecular formula is C11H11N3O. The van der Waals surface area contributed by atoms with Crippen LogP contribution >= 0.6 is 0 Å². The van der Waals surface area contributed by atoms with Gasteiger partial charge in [0.05, 0.1) is 17.6 Å². The lowest BCUT2D eigenvalue weighted by Gasteiger charge is -2.08. The number of aromatic nitrogens is 1. The number of phenolic OH excluding ortho intramolecular Hbond substituents is 1. The van der Waals surface area contributed by atoms with Crippen molar-refractivity contribution in [1.82, 2.24) is 4.98 Å². The van der Waals surface area contributed by atoms with E-state index in [1.54, 1.807) is 36.7 Å². The maximum Gasteiger partial charge on any atom is 0.117 e. The van der Waals surface area contributed by atoms with E-state index in [4.69, 9.17) is 5.73 Å². The molecule has 0 radical (unpaired) electrons. The minimum atomic E-state index is 0.211. The van der Waals surface area contributed by atoms with Gasteiger partial charge >= 0.3 is 0 Å². The number of rotatable bonds is 2. The molecule has 4 N–H and O–H groups in total. The normalized spacial score (nSPS) is 9.87. The summed E-state index contributed by atoms with van der Waals surface area (Å²) in [7, 11) is 0. The first-order valence-electron chi connectivity index (χ1n) is 4.51. The van der Waals surface area contributed by atoms with Crippen molar-refractivity contribution in [2.24, 2.45) is 0 Å². The summed E-state index contributed by atoms with van der Waals surface area (Å²) in [6, 6.07) is 8.53. The zero-order valence-electron chi connectivity index (χ0n) is 8.01. The summed E-state index contributed by atoms with van der Waals surface area (Å²) in [4.78, 5) is 3.96. The molecule has 0 bridgehead atoms. The zero-order valence-corrected chi connectivity index (χ0v) is 8.01. The molecule has 0 saturated heterocycles. The van der Waals surface area contributed by atoms with E-state index in [0.717, 1.165) is 11.4 Å². The van der Waals surface area contributed by atoms with E-state index in [0.29, 0.717) is 5.69 Å². The lowest BCUT2D eigenvalue weighted by Crippen LogP contribution is -1.96. The Kier molecular flexibility index (Phi) is 2.41. The third-order valence-corrected chi connectivity index (χ3v) is 1.98. The number of nitrogens with two attached hydrogens (primary N) is 1. The molecule has 4 heteroatoms. The van der Waals surface area contributed by atoms with Crippen molar-refractivity contribution in [2.45, 2.75) is 0 Å². The fraction of sp³-hybridized carbons (Fsp3) is 0. The van der Waals surface area contributed by atoms with Crippen molar-refractivity contribution < 1.29 is 5.11 Å². The highest BCUT2D eigenvalue weighted by molar-refractivity contribution is 5.71. The second-order valence-electron chi connectivity index (χ2n) is 3.14. The summed E-state index contributed by atoms with van der Waals surface area (Å²) in [5.41, 5.74) is 7.86. The maximum atomic E-state index is 9.27. The summed E-state index contributed by atoms with van der Waals surface area (Å²) < 4.78 is 0. The van der Waals surface area contributed by atoms with Gasteiger partial charge in [-0.2, -0.15) is 0 Å². The second kappa shape index (κ2) is 3.88. The number of hydrogen-bond donors (Lipinski definition) is 3. The van der Waals surface area contributed by atoms with Crippen LogP contribution in [0.3, 0.4) is 0 Å².